The van der Waals surface area contributed by atoms with E-state index in [-0.39, 0.29) is 16.4 Å². The van der Waals surface area contributed by atoms with Crippen LogP contribution in [0.5, 0.6) is 0 Å². The van der Waals surface area contributed by atoms with Crippen molar-refractivity contribution in [3.8, 4) is 0 Å². The van der Waals surface area contributed by atoms with Crippen molar-refractivity contribution in [1.29, 1.82) is 0 Å². The molecule has 1 amide bonds. The normalized spacial score (nSPS) is 11.0. The highest BCUT2D eigenvalue weighted by Crippen LogP contribution is 2.36. The molecule has 0 saturated carbocycles. The summed E-state index contributed by atoms with van der Waals surface area (Å²) in [5.74, 6) is 0. The van der Waals surface area contributed by atoms with Crippen molar-refractivity contribution < 1.29 is 14.5 Å². The van der Waals surface area contributed by atoms with Crippen LogP contribution in [0.2, 0.25) is 5.02 Å². The third-order valence-corrected chi connectivity index (χ3v) is 3.20. The number of ether oxygens (including phenoxy) is 1. The molecule has 126 valence electrons. The van der Waals surface area contributed by atoms with Crippen molar-refractivity contribution >= 4 is 34.8 Å². The van der Waals surface area contributed by atoms with Gasteiger partial charge in [0.05, 0.1) is 10.6 Å². The topological polar surface area (TPSA) is 72.7 Å². The van der Waals surface area contributed by atoms with Crippen molar-refractivity contribution in [3.05, 3.63) is 63.7 Å². The second-order valence-corrected chi connectivity index (χ2v) is 6.48. The predicted molar refractivity (Wildman–Crippen MR) is 92.9 cm³/mol. The number of anilines is 2. The van der Waals surface area contributed by atoms with Gasteiger partial charge in [0.2, 0.25) is 0 Å². The fourth-order valence-electron chi connectivity index (χ4n) is 2.06. The lowest BCUT2D eigenvalue weighted by molar-refractivity contribution is -0.384. The molecule has 0 aliphatic rings. The molecule has 6 nitrogen and oxygen atoms in total. The first kappa shape index (κ1) is 17.7. The number of nitrogens with zero attached hydrogens (tertiary/aromatic N) is 2. The van der Waals surface area contributed by atoms with E-state index in [9.17, 15) is 14.9 Å². The molecule has 2 aromatic carbocycles. The van der Waals surface area contributed by atoms with Crippen molar-refractivity contribution in [2.24, 2.45) is 0 Å². The average molecular weight is 349 g/mol. The molecule has 2 rings (SSSR count). The maximum Gasteiger partial charge on any atom is 0.419 e. The van der Waals surface area contributed by atoms with Crippen LogP contribution in [0.1, 0.15) is 20.8 Å². The largest absolute Gasteiger partial charge is 0.443 e. The Kier molecular flexibility index (Phi) is 5.09. The summed E-state index contributed by atoms with van der Waals surface area (Å²) in [5, 5.41) is 11.6. The predicted octanol–water partition coefficient (Wildman–Crippen LogP) is 5.32. The van der Waals surface area contributed by atoms with E-state index in [1.165, 1.54) is 18.2 Å². The number of hydrogen-bond donors (Lipinski definition) is 0. The number of carbonyl (C=O) groups is 1. The number of rotatable bonds is 3. The Morgan fingerprint density at radius 1 is 1.17 bits per heavy atom. The summed E-state index contributed by atoms with van der Waals surface area (Å²) >= 11 is 5.99. The van der Waals surface area contributed by atoms with E-state index in [1.807, 2.05) is 0 Å². The highest BCUT2D eigenvalue weighted by atomic mass is 35.5. The van der Waals surface area contributed by atoms with E-state index < -0.39 is 16.6 Å². The summed E-state index contributed by atoms with van der Waals surface area (Å²) in [4.78, 5) is 24.6. The van der Waals surface area contributed by atoms with Gasteiger partial charge in [-0.05, 0) is 45.0 Å². The van der Waals surface area contributed by atoms with Crippen molar-refractivity contribution in [2.75, 3.05) is 4.90 Å². The summed E-state index contributed by atoms with van der Waals surface area (Å²) in [6.45, 7) is 5.17. The summed E-state index contributed by atoms with van der Waals surface area (Å²) in [5.41, 5.74) is -0.503. The average Bonchev–Trinajstić information content (AvgIpc) is 2.46. The van der Waals surface area contributed by atoms with Crippen LogP contribution in [0.15, 0.2) is 48.5 Å². The SMILES string of the molecule is CC(C)(C)OC(=O)N(c1ccccc1)c1cc(Cl)ccc1[N+](=O)[O-]. The molecule has 0 bridgehead atoms. The van der Waals surface area contributed by atoms with Gasteiger partial charge in [-0.2, -0.15) is 0 Å². The molecule has 0 aliphatic carbocycles. The lowest BCUT2D eigenvalue weighted by Gasteiger charge is -2.27. The first-order valence-corrected chi connectivity index (χ1v) is 7.59. The molecular weight excluding hydrogens is 332 g/mol. The minimum atomic E-state index is -0.753. The zero-order valence-corrected chi connectivity index (χ0v) is 14.3. The molecule has 0 radical (unpaired) electrons. The number of nitro groups is 1. The summed E-state index contributed by atoms with van der Waals surface area (Å²) in [6, 6.07) is 12.6. The van der Waals surface area contributed by atoms with Gasteiger partial charge in [-0.15, -0.1) is 0 Å². The van der Waals surface area contributed by atoms with Gasteiger partial charge in [-0.3, -0.25) is 10.1 Å². The number of para-hydroxylation sites is 1. The Hall–Kier alpha value is -2.60. The maximum absolute atomic E-state index is 12.7. The van der Waals surface area contributed by atoms with Gasteiger partial charge in [0.15, 0.2) is 0 Å². The number of benzene rings is 2. The molecule has 0 unspecified atom stereocenters. The van der Waals surface area contributed by atoms with Gasteiger partial charge in [-0.25, -0.2) is 9.69 Å². The van der Waals surface area contributed by atoms with Gasteiger partial charge in [-0.1, -0.05) is 29.8 Å². The van der Waals surface area contributed by atoms with Crippen LogP contribution in [-0.2, 0) is 4.74 Å². The third-order valence-electron chi connectivity index (χ3n) is 2.97. The van der Waals surface area contributed by atoms with E-state index in [2.05, 4.69) is 0 Å². The van der Waals surface area contributed by atoms with Gasteiger partial charge in [0.25, 0.3) is 5.69 Å². The lowest BCUT2D eigenvalue weighted by atomic mass is 10.2. The fourth-order valence-corrected chi connectivity index (χ4v) is 2.22. The van der Waals surface area contributed by atoms with Crippen molar-refractivity contribution in [1.82, 2.24) is 0 Å². The molecular formula is C17H17ClN2O4. The number of halogens is 1. The summed E-state index contributed by atoms with van der Waals surface area (Å²) in [7, 11) is 0. The van der Waals surface area contributed by atoms with E-state index in [4.69, 9.17) is 16.3 Å². The molecule has 24 heavy (non-hydrogen) atoms. The van der Waals surface area contributed by atoms with Crippen LogP contribution in [0.3, 0.4) is 0 Å². The first-order valence-electron chi connectivity index (χ1n) is 7.21. The highest BCUT2D eigenvalue weighted by molar-refractivity contribution is 6.31. The standard InChI is InChI=1S/C17H17ClN2O4/c1-17(2,3)24-16(21)19(13-7-5-4-6-8-13)15-11-12(18)9-10-14(15)20(22)23/h4-11H,1-3H3. The minimum Gasteiger partial charge on any atom is -0.443 e. The van der Waals surface area contributed by atoms with Crippen LogP contribution in [-0.4, -0.2) is 16.6 Å². The van der Waals surface area contributed by atoms with Crippen LogP contribution in [0.25, 0.3) is 0 Å². The molecule has 0 atom stereocenters. The number of hydrogen-bond acceptors (Lipinski definition) is 4. The molecule has 0 spiro atoms. The second-order valence-electron chi connectivity index (χ2n) is 6.04. The Labute approximate surface area is 144 Å². The number of nitro benzene ring substituents is 1. The maximum atomic E-state index is 12.7. The van der Waals surface area contributed by atoms with Crippen LogP contribution in [0.4, 0.5) is 21.9 Å². The van der Waals surface area contributed by atoms with Crippen LogP contribution < -0.4 is 4.90 Å². The molecule has 0 aliphatic heterocycles. The van der Waals surface area contributed by atoms with Gasteiger partial charge >= 0.3 is 6.09 Å². The Morgan fingerprint density at radius 2 is 1.79 bits per heavy atom. The Bertz CT molecular complexity index is 757. The third kappa shape index (κ3) is 4.23. The van der Waals surface area contributed by atoms with E-state index in [1.54, 1.807) is 51.1 Å². The zero-order chi connectivity index (χ0) is 17.9. The summed E-state index contributed by atoms with van der Waals surface area (Å²) in [6.07, 6.45) is -0.723. The smallest absolute Gasteiger partial charge is 0.419 e. The van der Waals surface area contributed by atoms with E-state index in [0.29, 0.717) is 5.69 Å². The van der Waals surface area contributed by atoms with Crippen LogP contribution >= 0.6 is 11.6 Å². The van der Waals surface area contributed by atoms with E-state index >= 15 is 0 Å². The summed E-state index contributed by atoms with van der Waals surface area (Å²) < 4.78 is 5.40. The molecule has 7 heteroatoms. The molecule has 0 heterocycles. The molecule has 0 aromatic heterocycles. The Morgan fingerprint density at radius 3 is 2.33 bits per heavy atom. The van der Waals surface area contributed by atoms with Crippen molar-refractivity contribution in [3.63, 3.8) is 0 Å². The number of amides is 1. The quantitative estimate of drug-likeness (QED) is 0.555. The van der Waals surface area contributed by atoms with Crippen LogP contribution in [0, 0.1) is 10.1 Å². The van der Waals surface area contributed by atoms with Crippen molar-refractivity contribution in [2.45, 2.75) is 26.4 Å². The molecule has 0 fully saturated rings. The fraction of sp³-hybridized carbons (Fsp3) is 0.235. The zero-order valence-electron chi connectivity index (χ0n) is 13.5. The minimum absolute atomic E-state index is 0.0490. The Balaban J connectivity index is 2.61. The molecule has 0 saturated heterocycles. The first-order chi connectivity index (χ1) is 11.2. The van der Waals surface area contributed by atoms with Gasteiger partial charge < -0.3 is 4.74 Å². The van der Waals surface area contributed by atoms with E-state index in [0.717, 1.165) is 4.90 Å². The lowest BCUT2D eigenvalue weighted by Crippen LogP contribution is -2.34. The highest BCUT2D eigenvalue weighted by Gasteiger charge is 2.30. The van der Waals surface area contributed by atoms with Gasteiger partial charge in [0.1, 0.15) is 11.3 Å². The monoisotopic (exact) mass is 348 g/mol. The number of carbonyl (C=O) groups excluding carboxylic acids is 1. The van der Waals surface area contributed by atoms with Gasteiger partial charge in [0, 0.05) is 11.1 Å². The second kappa shape index (κ2) is 6.88. The molecule has 2 aromatic rings. The molecule has 0 N–H and O–H groups in total.